The number of amides is 2. The number of anilines is 2. The van der Waals surface area contributed by atoms with Gasteiger partial charge in [0.1, 0.15) is 12.2 Å². The number of rotatable bonds is 3. The lowest BCUT2D eigenvalue weighted by Crippen LogP contribution is -2.31. The first kappa shape index (κ1) is 11.9. The van der Waals surface area contributed by atoms with Crippen molar-refractivity contribution in [3.05, 3.63) is 36.4 Å². The van der Waals surface area contributed by atoms with Gasteiger partial charge in [0.15, 0.2) is 0 Å². The maximum Gasteiger partial charge on any atom is 0.321 e. The molecule has 7 nitrogen and oxygen atoms in total. The van der Waals surface area contributed by atoms with Crippen LogP contribution in [0.2, 0.25) is 0 Å². The highest BCUT2D eigenvalue weighted by molar-refractivity contribution is 5.89. The van der Waals surface area contributed by atoms with E-state index in [0.717, 1.165) is 0 Å². The summed E-state index contributed by atoms with van der Waals surface area (Å²) >= 11 is 0. The highest BCUT2D eigenvalue weighted by Crippen LogP contribution is 2.11. The lowest BCUT2D eigenvalue weighted by molar-refractivity contribution is 0.219. The van der Waals surface area contributed by atoms with Crippen LogP contribution in [0.5, 0.6) is 0 Å². The topological polar surface area (TPSA) is 99.9 Å². The van der Waals surface area contributed by atoms with Crippen molar-refractivity contribution in [3.63, 3.8) is 0 Å². The quantitative estimate of drug-likeness (QED) is 0.705. The number of nitrogens with zero attached hydrogens (tertiary/aromatic N) is 3. The molecule has 0 unspecified atom stereocenters. The molecule has 7 heteroatoms. The third-order valence-electron chi connectivity index (χ3n) is 2.36. The second-order valence-electron chi connectivity index (χ2n) is 3.84. The van der Waals surface area contributed by atoms with E-state index in [1.165, 1.54) is 11.2 Å². The van der Waals surface area contributed by atoms with Crippen LogP contribution < -0.4 is 11.1 Å². The third-order valence-corrected chi connectivity index (χ3v) is 2.36. The Kier molecular flexibility index (Phi) is 3.42. The lowest BCUT2D eigenvalue weighted by atomic mass is 10.3. The van der Waals surface area contributed by atoms with Gasteiger partial charge >= 0.3 is 6.03 Å². The molecule has 0 saturated heterocycles. The molecule has 4 N–H and O–H groups in total. The average molecular weight is 246 g/mol. The van der Waals surface area contributed by atoms with Crippen molar-refractivity contribution in [2.45, 2.75) is 6.54 Å². The zero-order valence-corrected chi connectivity index (χ0v) is 9.92. The number of hydrogen-bond donors (Lipinski definition) is 3. The van der Waals surface area contributed by atoms with Crippen molar-refractivity contribution in [2.24, 2.45) is 0 Å². The fourth-order valence-electron chi connectivity index (χ4n) is 1.39. The molecule has 0 aliphatic carbocycles. The zero-order chi connectivity index (χ0) is 13.0. The number of benzene rings is 1. The molecule has 0 aliphatic rings. The van der Waals surface area contributed by atoms with Crippen molar-refractivity contribution >= 4 is 17.4 Å². The summed E-state index contributed by atoms with van der Waals surface area (Å²) in [5.74, 6) is 0.630. The Morgan fingerprint density at radius 1 is 1.44 bits per heavy atom. The minimum atomic E-state index is -0.226. The summed E-state index contributed by atoms with van der Waals surface area (Å²) in [6.07, 6.45) is 1.40. The Bertz CT molecular complexity index is 507. The minimum Gasteiger partial charge on any atom is -0.399 e. The number of nitrogen functional groups attached to an aromatic ring is 1. The van der Waals surface area contributed by atoms with E-state index in [2.05, 4.69) is 20.5 Å². The van der Waals surface area contributed by atoms with Gasteiger partial charge in [-0.3, -0.25) is 5.10 Å². The Morgan fingerprint density at radius 2 is 2.17 bits per heavy atom. The molecule has 0 spiro atoms. The van der Waals surface area contributed by atoms with E-state index in [4.69, 9.17) is 5.73 Å². The van der Waals surface area contributed by atoms with E-state index in [0.29, 0.717) is 23.7 Å². The minimum absolute atomic E-state index is 0.226. The number of carbonyl (C=O) groups excluding carboxylic acids is 1. The summed E-state index contributed by atoms with van der Waals surface area (Å²) in [4.78, 5) is 17.3. The number of urea groups is 1. The first-order valence-corrected chi connectivity index (χ1v) is 5.37. The molecule has 2 amide bonds. The molecule has 1 aromatic carbocycles. The standard InChI is InChI=1S/C11H14N6O/c1-17(6-10-13-7-14-16-10)11(18)15-9-4-2-8(12)3-5-9/h2-5,7H,6,12H2,1H3,(H,15,18)(H,13,14,16). The Balaban J connectivity index is 1.93. The predicted octanol–water partition coefficient (Wildman–Crippen LogP) is 1.05. The molecule has 0 atom stereocenters. The second-order valence-corrected chi connectivity index (χ2v) is 3.84. The average Bonchev–Trinajstić information content (AvgIpc) is 2.85. The van der Waals surface area contributed by atoms with Crippen LogP contribution in [0.25, 0.3) is 0 Å². The fraction of sp³-hybridized carbons (Fsp3) is 0.182. The monoisotopic (exact) mass is 246 g/mol. The van der Waals surface area contributed by atoms with Gasteiger partial charge in [0.2, 0.25) is 0 Å². The lowest BCUT2D eigenvalue weighted by Gasteiger charge is -2.16. The number of aromatic nitrogens is 3. The van der Waals surface area contributed by atoms with Crippen molar-refractivity contribution < 1.29 is 4.79 Å². The van der Waals surface area contributed by atoms with E-state index in [-0.39, 0.29) is 6.03 Å². The van der Waals surface area contributed by atoms with Gasteiger partial charge in [-0.25, -0.2) is 9.78 Å². The molecule has 0 fully saturated rings. The van der Waals surface area contributed by atoms with E-state index >= 15 is 0 Å². The molecule has 0 bridgehead atoms. The number of nitrogens with two attached hydrogens (primary N) is 1. The summed E-state index contributed by atoms with van der Waals surface area (Å²) in [7, 11) is 1.68. The van der Waals surface area contributed by atoms with Gasteiger partial charge in [-0.05, 0) is 24.3 Å². The smallest absolute Gasteiger partial charge is 0.321 e. The van der Waals surface area contributed by atoms with Crippen LogP contribution in [-0.2, 0) is 6.54 Å². The van der Waals surface area contributed by atoms with Crippen LogP contribution in [-0.4, -0.2) is 33.2 Å². The molecule has 1 heterocycles. The number of H-pyrrole nitrogens is 1. The zero-order valence-electron chi connectivity index (χ0n) is 9.92. The van der Waals surface area contributed by atoms with Crippen LogP contribution >= 0.6 is 0 Å². The summed E-state index contributed by atoms with van der Waals surface area (Å²) < 4.78 is 0. The Hall–Kier alpha value is -2.57. The predicted molar refractivity (Wildman–Crippen MR) is 67.7 cm³/mol. The third kappa shape index (κ3) is 2.97. The number of hydrogen-bond acceptors (Lipinski definition) is 4. The van der Waals surface area contributed by atoms with Gasteiger partial charge in [0.05, 0.1) is 6.54 Å². The summed E-state index contributed by atoms with van der Waals surface area (Å²) in [5.41, 5.74) is 6.91. The Morgan fingerprint density at radius 3 is 2.78 bits per heavy atom. The van der Waals surface area contributed by atoms with Crippen molar-refractivity contribution in [2.75, 3.05) is 18.1 Å². The van der Waals surface area contributed by atoms with Crippen molar-refractivity contribution in [3.8, 4) is 0 Å². The molecule has 18 heavy (non-hydrogen) atoms. The molecule has 0 radical (unpaired) electrons. The van der Waals surface area contributed by atoms with E-state index in [9.17, 15) is 4.79 Å². The number of nitrogens with one attached hydrogen (secondary N) is 2. The largest absolute Gasteiger partial charge is 0.399 e. The van der Waals surface area contributed by atoms with Crippen molar-refractivity contribution in [1.82, 2.24) is 20.1 Å². The number of carbonyl (C=O) groups is 1. The van der Waals surface area contributed by atoms with Gasteiger partial charge in [0, 0.05) is 18.4 Å². The van der Waals surface area contributed by atoms with E-state index in [1.807, 2.05) is 0 Å². The molecule has 2 rings (SSSR count). The summed E-state index contributed by atoms with van der Waals surface area (Å²) in [5, 5.41) is 9.17. The van der Waals surface area contributed by atoms with Crippen molar-refractivity contribution in [1.29, 1.82) is 0 Å². The highest BCUT2D eigenvalue weighted by atomic mass is 16.2. The summed E-state index contributed by atoms with van der Waals surface area (Å²) in [6.45, 7) is 0.362. The maximum atomic E-state index is 11.8. The fourth-order valence-corrected chi connectivity index (χ4v) is 1.39. The molecule has 2 aromatic rings. The molecule has 94 valence electrons. The van der Waals surface area contributed by atoms with Crippen LogP contribution in [0.4, 0.5) is 16.2 Å². The van der Waals surface area contributed by atoms with Crippen LogP contribution in [0.1, 0.15) is 5.82 Å². The Labute approximate surface area is 104 Å². The van der Waals surface area contributed by atoms with E-state index < -0.39 is 0 Å². The molecular formula is C11H14N6O. The normalized spacial score (nSPS) is 10.1. The van der Waals surface area contributed by atoms with Gasteiger partial charge in [-0.1, -0.05) is 0 Å². The first-order valence-electron chi connectivity index (χ1n) is 5.37. The summed E-state index contributed by atoms with van der Waals surface area (Å²) in [6, 6.07) is 6.72. The highest BCUT2D eigenvalue weighted by Gasteiger charge is 2.10. The van der Waals surface area contributed by atoms with E-state index in [1.54, 1.807) is 31.3 Å². The first-order chi connectivity index (χ1) is 8.65. The second kappa shape index (κ2) is 5.17. The van der Waals surface area contributed by atoms with Gasteiger partial charge in [0.25, 0.3) is 0 Å². The van der Waals surface area contributed by atoms with Crippen LogP contribution in [0, 0.1) is 0 Å². The SMILES string of the molecule is CN(Cc1ncn[nH]1)C(=O)Nc1ccc(N)cc1. The number of aromatic amines is 1. The molecule has 0 aliphatic heterocycles. The van der Waals surface area contributed by atoms with Gasteiger partial charge in [-0.2, -0.15) is 5.10 Å². The van der Waals surface area contributed by atoms with Crippen LogP contribution in [0.3, 0.4) is 0 Å². The molecule has 1 aromatic heterocycles. The van der Waals surface area contributed by atoms with Gasteiger partial charge in [-0.15, -0.1) is 0 Å². The molecular weight excluding hydrogens is 232 g/mol. The maximum absolute atomic E-state index is 11.8. The van der Waals surface area contributed by atoms with Crippen LogP contribution in [0.15, 0.2) is 30.6 Å². The van der Waals surface area contributed by atoms with Gasteiger partial charge < -0.3 is 16.0 Å². The molecule has 0 saturated carbocycles.